The highest BCUT2D eigenvalue weighted by molar-refractivity contribution is 5.96. The van der Waals surface area contributed by atoms with Crippen molar-refractivity contribution in [2.24, 2.45) is 0 Å². The number of methoxy groups -OCH3 is 1. The molecular formula is C13H18N2O3. The summed E-state index contributed by atoms with van der Waals surface area (Å²) in [6.07, 6.45) is 6.23. The van der Waals surface area contributed by atoms with E-state index in [1.54, 1.807) is 12.3 Å². The zero-order chi connectivity index (χ0) is 13.0. The van der Waals surface area contributed by atoms with Gasteiger partial charge in [-0.1, -0.05) is 12.8 Å². The van der Waals surface area contributed by atoms with Gasteiger partial charge in [0.1, 0.15) is 5.75 Å². The van der Waals surface area contributed by atoms with Crippen molar-refractivity contribution in [2.45, 2.75) is 37.8 Å². The Hall–Kier alpha value is -1.62. The number of aliphatic hydroxyl groups excluding tert-OH is 1. The zero-order valence-corrected chi connectivity index (χ0v) is 10.4. The Morgan fingerprint density at radius 2 is 2.28 bits per heavy atom. The molecule has 0 bridgehead atoms. The maximum atomic E-state index is 12.1. The lowest BCUT2D eigenvalue weighted by molar-refractivity contribution is 0.0715. The molecule has 1 heterocycles. The fraction of sp³-hybridized carbons (Fsp3) is 0.538. The van der Waals surface area contributed by atoms with Crippen LogP contribution in [0.4, 0.5) is 0 Å². The smallest absolute Gasteiger partial charge is 0.255 e. The molecule has 1 saturated carbocycles. The molecule has 1 aliphatic rings. The third kappa shape index (κ3) is 2.79. The van der Waals surface area contributed by atoms with E-state index in [0.29, 0.717) is 11.3 Å². The first-order valence-electron chi connectivity index (χ1n) is 6.19. The van der Waals surface area contributed by atoms with Crippen molar-refractivity contribution in [1.82, 2.24) is 10.3 Å². The predicted molar refractivity (Wildman–Crippen MR) is 66.5 cm³/mol. The van der Waals surface area contributed by atoms with E-state index >= 15 is 0 Å². The summed E-state index contributed by atoms with van der Waals surface area (Å²) in [5.74, 6) is 0.223. The summed E-state index contributed by atoms with van der Waals surface area (Å²) in [7, 11) is 1.50. The molecule has 0 saturated heterocycles. The first kappa shape index (κ1) is 12.8. The highest BCUT2D eigenvalue weighted by Gasteiger charge is 2.25. The van der Waals surface area contributed by atoms with Crippen molar-refractivity contribution >= 4 is 5.91 Å². The lowest BCUT2D eigenvalue weighted by atomic mass is 9.92. The lowest BCUT2D eigenvalue weighted by Gasteiger charge is -2.28. The summed E-state index contributed by atoms with van der Waals surface area (Å²) in [6.45, 7) is 0. The molecule has 5 nitrogen and oxygen atoms in total. The molecule has 1 amide bonds. The number of aromatic nitrogens is 1. The number of hydrogen-bond donors (Lipinski definition) is 2. The average Bonchev–Trinajstić information content (AvgIpc) is 2.41. The predicted octanol–water partition coefficient (Wildman–Crippen LogP) is 1.12. The Bertz CT molecular complexity index is 422. The van der Waals surface area contributed by atoms with Gasteiger partial charge in [-0.2, -0.15) is 0 Å². The van der Waals surface area contributed by atoms with Gasteiger partial charge in [0.15, 0.2) is 0 Å². The van der Waals surface area contributed by atoms with E-state index in [1.165, 1.54) is 13.3 Å². The maximum Gasteiger partial charge on any atom is 0.255 e. The van der Waals surface area contributed by atoms with Gasteiger partial charge >= 0.3 is 0 Å². The van der Waals surface area contributed by atoms with Crippen LogP contribution in [0.3, 0.4) is 0 Å². The number of carbonyl (C=O) groups is 1. The van der Waals surface area contributed by atoms with Crippen LogP contribution in [0.15, 0.2) is 18.5 Å². The van der Waals surface area contributed by atoms with Crippen LogP contribution in [-0.4, -0.2) is 35.3 Å². The molecule has 1 aromatic rings. The summed E-state index contributed by atoms with van der Waals surface area (Å²) in [6, 6.07) is 1.45. The molecule has 2 N–H and O–H groups in total. The van der Waals surface area contributed by atoms with Crippen molar-refractivity contribution in [3.63, 3.8) is 0 Å². The van der Waals surface area contributed by atoms with Crippen molar-refractivity contribution in [3.8, 4) is 5.75 Å². The first-order valence-corrected chi connectivity index (χ1v) is 6.19. The minimum absolute atomic E-state index is 0.163. The number of rotatable bonds is 3. The number of hydrogen-bond acceptors (Lipinski definition) is 4. The molecule has 1 fully saturated rings. The SMILES string of the molecule is COc1cnccc1C(=O)N[C@H]1CCCC[C@@H]1O. The van der Waals surface area contributed by atoms with Crippen LogP contribution in [0, 0.1) is 0 Å². The number of nitrogens with one attached hydrogen (secondary N) is 1. The number of aliphatic hydroxyl groups is 1. The molecule has 5 heteroatoms. The van der Waals surface area contributed by atoms with E-state index in [9.17, 15) is 9.90 Å². The quantitative estimate of drug-likeness (QED) is 0.843. The topological polar surface area (TPSA) is 71.5 Å². The van der Waals surface area contributed by atoms with Gasteiger partial charge in [0, 0.05) is 6.20 Å². The Morgan fingerprint density at radius 1 is 1.50 bits per heavy atom. The van der Waals surface area contributed by atoms with Crippen LogP contribution in [-0.2, 0) is 0 Å². The lowest BCUT2D eigenvalue weighted by Crippen LogP contribution is -2.45. The van der Waals surface area contributed by atoms with E-state index in [2.05, 4.69) is 10.3 Å². The van der Waals surface area contributed by atoms with Gasteiger partial charge in [0.25, 0.3) is 5.91 Å². The summed E-state index contributed by atoms with van der Waals surface area (Å²) >= 11 is 0. The van der Waals surface area contributed by atoms with E-state index in [0.717, 1.165) is 25.7 Å². The van der Waals surface area contributed by atoms with E-state index < -0.39 is 6.10 Å². The third-order valence-electron chi connectivity index (χ3n) is 3.30. The van der Waals surface area contributed by atoms with Crippen LogP contribution in [0.25, 0.3) is 0 Å². The van der Waals surface area contributed by atoms with Gasteiger partial charge in [-0.3, -0.25) is 9.78 Å². The summed E-state index contributed by atoms with van der Waals surface area (Å²) < 4.78 is 5.10. The molecule has 0 aromatic carbocycles. The number of carbonyl (C=O) groups excluding carboxylic acids is 1. The third-order valence-corrected chi connectivity index (χ3v) is 3.30. The van der Waals surface area contributed by atoms with Crippen LogP contribution in [0.2, 0.25) is 0 Å². The Kier molecular flexibility index (Phi) is 4.15. The molecule has 18 heavy (non-hydrogen) atoms. The van der Waals surface area contributed by atoms with Crippen LogP contribution in [0.1, 0.15) is 36.0 Å². The van der Waals surface area contributed by atoms with Gasteiger partial charge in [0.05, 0.1) is 31.0 Å². The summed E-state index contributed by atoms with van der Waals surface area (Å²) in [5, 5.41) is 12.7. The maximum absolute atomic E-state index is 12.1. The van der Waals surface area contributed by atoms with Gasteiger partial charge < -0.3 is 15.2 Å². The minimum Gasteiger partial charge on any atom is -0.494 e. The monoisotopic (exact) mass is 250 g/mol. The molecule has 1 aliphatic carbocycles. The van der Waals surface area contributed by atoms with Gasteiger partial charge in [-0.25, -0.2) is 0 Å². The second-order valence-corrected chi connectivity index (χ2v) is 4.51. The molecule has 0 radical (unpaired) electrons. The zero-order valence-electron chi connectivity index (χ0n) is 10.4. The number of ether oxygens (including phenoxy) is 1. The molecule has 2 atom stereocenters. The average molecular weight is 250 g/mol. The van der Waals surface area contributed by atoms with Crippen molar-refractivity contribution in [3.05, 3.63) is 24.0 Å². The van der Waals surface area contributed by atoms with Gasteiger partial charge in [-0.15, -0.1) is 0 Å². The minimum atomic E-state index is -0.449. The Balaban J connectivity index is 2.07. The highest BCUT2D eigenvalue weighted by atomic mass is 16.5. The molecule has 0 spiro atoms. The molecule has 1 aromatic heterocycles. The van der Waals surface area contributed by atoms with E-state index in [-0.39, 0.29) is 11.9 Å². The van der Waals surface area contributed by atoms with Crippen LogP contribution >= 0.6 is 0 Å². The fourth-order valence-electron chi connectivity index (χ4n) is 2.26. The van der Waals surface area contributed by atoms with E-state index in [4.69, 9.17) is 4.74 Å². The fourth-order valence-corrected chi connectivity index (χ4v) is 2.26. The van der Waals surface area contributed by atoms with Crippen LogP contribution in [0.5, 0.6) is 5.75 Å². The van der Waals surface area contributed by atoms with E-state index in [1.807, 2.05) is 0 Å². The van der Waals surface area contributed by atoms with Crippen molar-refractivity contribution in [1.29, 1.82) is 0 Å². The molecule has 98 valence electrons. The molecular weight excluding hydrogens is 232 g/mol. The Labute approximate surface area is 106 Å². The number of nitrogens with zero attached hydrogens (tertiary/aromatic N) is 1. The second-order valence-electron chi connectivity index (χ2n) is 4.51. The van der Waals surface area contributed by atoms with Crippen molar-refractivity contribution < 1.29 is 14.6 Å². The summed E-state index contributed by atoms with van der Waals surface area (Å²) in [4.78, 5) is 16.0. The summed E-state index contributed by atoms with van der Waals surface area (Å²) in [5.41, 5.74) is 0.449. The van der Waals surface area contributed by atoms with Crippen molar-refractivity contribution in [2.75, 3.05) is 7.11 Å². The van der Waals surface area contributed by atoms with Crippen LogP contribution < -0.4 is 10.1 Å². The number of pyridine rings is 1. The standard InChI is InChI=1S/C13H18N2O3/c1-18-12-8-14-7-6-9(12)13(17)15-10-4-2-3-5-11(10)16/h6-8,10-11,16H,2-5H2,1H3,(H,15,17)/t10-,11-/m0/s1. The molecule has 0 aliphatic heterocycles. The second kappa shape index (κ2) is 5.82. The molecule has 2 rings (SSSR count). The van der Waals surface area contributed by atoms with Gasteiger partial charge in [-0.05, 0) is 18.9 Å². The largest absolute Gasteiger partial charge is 0.494 e. The normalized spacial score (nSPS) is 23.4. The highest BCUT2D eigenvalue weighted by Crippen LogP contribution is 2.20. The number of amides is 1. The molecule has 0 unspecified atom stereocenters. The van der Waals surface area contributed by atoms with Gasteiger partial charge in [0.2, 0.25) is 0 Å². The Morgan fingerprint density at radius 3 is 3.00 bits per heavy atom. The first-order chi connectivity index (χ1) is 8.72.